The van der Waals surface area contributed by atoms with Crippen molar-refractivity contribution in [3.8, 4) is 11.1 Å². The van der Waals surface area contributed by atoms with Gasteiger partial charge in [-0.3, -0.25) is 4.79 Å². The Hall–Kier alpha value is -3.00. The van der Waals surface area contributed by atoms with Crippen molar-refractivity contribution < 1.29 is 24.2 Å². The summed E-state index contributed by atoms with van der Waals surface area (Å²) in [7, 11) is 0. The van der Waals surface area contributed by atoms with E-state index in [1.807, 2.05) is 37.4 Å². The number of nitrogens with one attached hydrogen (secondary N) is 2. The number of alkyl carbamates (subject to hydrolysis) is 1. The minimum atomic E-state index is -1.05. The SMILES string of the molecule is CCCC[C@H](CC(=O)N[C@H](CCSC)C(=O)O)NC(=O)OCC1c2ccccc2-c2ccccc21. The molecule has 0 aromatic heterocycles. The van der Waals surface area contributed by atoms with E-state index in [1.54, 1.807) is 0 Å². The van der Waals surface area contributed by atoms with E-state index in [2.05, 4.69) is 34.9 Å². The van der Waals surface area contributed by atoms with Crippen molar-refractivity contribution in [3.05, 3.63) is 59.7 Å². The van der Waals surface area contributed by atoms with Crippen LogP contribution in [0.4, 0.5) is 4.79 Å². The molecule has 3 N–H and O–H groups in total. The van der Waals surface area contributed by atoms with Gasteiger partial charge in [0.2, 0.25) is 5.91 Å². The summed E-state index contributed by atoms with van der Waals surface area (Å²) < 4.78 is 5.63. The van der Waals surface area contributed by atoms with Crippen molar-refractivity contribution >= 4 is 29.7 Å². The molecule has 0 saturated carbocycles. The molecular formula is C27H34N2O5S. The molecule has 8 heteroatoms. The van der Waals surface area contributed by atoms with Gasteiger partial charge in [0.1, 0.15) is 12.6 Å². The van der Waals surface area contributed by atoms with Gasteiger partial charge in [0, 0.05) is 18.4 Å². The average molecular weight is 499 g/mol. The average Bonchev–Trinajstić information content (AvgIpc) is 3.17. The molecule has 188 valence electrons. The number of amides is 2. The summed E-state index contributed by atoms with van der Waals surface area (Å²) in [5, 5.41) is 14.8. The second-order valence-electron chi connectivity index (χ2n) is 8.75. The number of carbonyl (C=O) groups is 3. The maximum atomic E-state index is 12.7. The Bertz CT molecular complexity index is 983. The van der Waals surface area contributed by atoms with Crippen LogP contribution in [0.15, 0.2) is 48.5 Å². The Morgan fingerprint density at radius 3 is 2.20 bits per heavy atom. The molecule has 2 aromatic rings. The summed E-state index contributed by atoms with van der Waals surface area (Å²) in [4.78, 5) is 36.7. The third-order valence-electron chi connectivity index (χ3n) is 6.25. The number of unbranched alkanes of at least 4 members (excludes halogenated alkanes) is 1. The zero-order valence-corrected chi connectivity index (χ0v) is 21.1. The van der Waals surface area contributed by atoms with Crippen LogP contribution in [0.5, 0.6) is 0 Å². The molecule has 2 atom stereocenters. The molecule has 0 radical (unpaired) electrons. The molecule has 3 rings (SSSR count). The Balaban J connectivity index is 1.59. The first-order valence-electron chi connectivity index (χ1n) is 12.1. The van der Waals surface area contributed by atoms with Crippen molar-refractivity contribution in [2.24, 2.45) is 0 Å². The summed E-state index contributed by atoms with van der Waals surface area (Å²) in [5.41, 5.74) is 4.58. The number of ether oxygens (including phenoxy) is 1. The van der Waals surface area contributed by atoms with Gasteiger partial charge in [-0.15, -0.1) is 0 Å². The Morgan fingerprint density at radius 2 is 1.63 bits per heavy atom. The lowest BCUT2D eigenvalue weighted by Gasteiger charge is -2.21. The van der Waals surface area contributed by atoms with Gasteiger partial charge >= 0.3 is 12.1 Å². The van der Waals surface area contributed by atoms with Crippen LogP contribution in [-0.4, -0.2) is 53.8 Å². The van der Waals surface area contributed by atoms with E-state index in [1.165, 1.54) is 11.8 Å². The molecule has 0 spiro atoms. The first kappa shape index (κ1) is 26.6. The molecule has 1 aliphatic rings. The van der Waals surface area contributed by atoms with E-state index in [0.29, 0.717) is 18.6 Å². The number of aliphatic carboxylic acids is 1. The number of carbonyl (C=O) groups excluding carboxylic acids is 2. The maximum Gasteiger partial charge on any atom is 0.407 e. The van der Waals surface area contributed by atoms with Crippen LogP contribution in [0.1, 0.15) is 56.1 Å². The maximum absolute atomic E-state index is 12.7. The summed E-state index contributed by atoms with van der Waals surface area (Å²) in [5.74, 6) is -0.854. The minimum absolute atomic E-state index is 0.00719. The van der Waals surface area contributed by atoms with E-state index in [0.717, 1.165) is 35.1 Å². The number of hydrogen-bond acceptors (Lipinski definition) is 5. The number of carboxylic acids is 1. The van der Waals surface area contributed by atoms with Gasteiger partial charge in [0.25, 0.3) is 0 Å². The van der Waals surface area contributed by atoms with Crippen LogP contribution < -0.4 is 10.6 Å². The number of benzene rings is 2. The van der Waals surface area contributed by atoms with E-state index in [4.69, 9.17) is 4.74 Å². The zero-order chi connectivity index (χ0) is 25.2. The zero-order valence-electron chi connectivity index (χ0n) is 20.3. The predicted molar refractivity (Wildman–Crippen MR) is 139 cm³/mol. The summed E-state index contributed by atoms with van der Waals surface area (Å²) in [6.45, 7) is 2.23. The van der Waals surface area contributed by atoms with Gasteiger partial charge in [-0.05, 0) is 47.1 Å². The normalized spacial score (nSPS) is 13.9. The highest BCUT2D eigenvalue weighted by Crippen LogP contribution is 2.44. The van der Waals surface area contributed by atoms with Gasteiger partial charge in [-0.2, -0.15) is 11.8 Å². The van der Waals surface area contributed by atoms with Crippen LogP contribution in [-0.2, 0) is 14.3 Å². The van der Waals surface area contributed by atoms with Crippen molar-refractivity contribution in [2.45, 2.75) is 57.0 Å². The Labute approximate surface area is 211 Å². The molecule has 1 aliphatic carbocycles. The molecule has 2 aromatic carbocycles. The molecular weight excluding hydrogens is 464 g/mol. The van der Waals surface area contributed by atoms with E-state index in [9.17, 15) is 19.5 Å². The highest BCUT2D eigenvalue weighted by molar-refractivity contribution is 7.98. The van der Waals surface area contributed by atoms with Gasteiger partial charge in [-0.25, -0.2) is 9.59 Å². The molecule has 0 bridgehead atoms. The fraction of sp³-hybridized carbons (Fsp3) is 0.444. The number of thioether (sulfide) groups is 1. The smallest absolute Gasteiger partial charge is 0.407 e. The molecule has 7 nitrogen and oxygen atoms in total. The van der Waals surface area contributed by atoms with Gasteiger partial charge < -0.3 is 20.5 Å². The minimum Gasteiger partial charge on any atom is -0.480 e. The van der Waals surface area contributed by atoms with Crippen molar-refractivity contribution in [1.29, 1.82) is 0 Å². The van der Waals surface area contributed by atoms with Crippen molar-refractivity contribution in [3.63, 3.8) is 0 Å². The molecule has 0 fully saturated rings. The third-order valence-corrected chi connectivity index (χ3v) is 6.89. The lowest BCUT2D eigenvalue weighted by atomic mass is 9.98. The number of rotatable bonds is 13. The fourth-order valence-electron chi connectivity index (χ4n) is 4.45. The monoisotopic (exact) mass is 498 g/mol. The fourth-order valence-corrected chi connectivity index (χ4v) is 4.92. The van der Waals surface area contributed by atoms with Gasteiger partial charge in [-0.1, -0.05) is 68.3 Å². The standard InChI is InChI=1S/C27H34N2O5S/c1-3-4-9-18(16-25(30)29-24(26(31)32)14-15-35-2)28-27(33)34-17-23-21-12-7-5-10-19(21)20-11-6-8-13-22(20)23/h5-8,10-13,18,23-24H,3-4,9,14-17H2,1-2H3,(H,28,33)(H,29,30)(H,31,32)/t18-,24-/m1/s1. The van der Waals surface area contributed by atoms with Crippen LogP contribution in [0.3, 0.4) is 0 Å². The van der Waals surface area contributed by atoms with E-state index < -0.39 is 30.1 Å². The highest BCUT2D eigenvalue weighted by atomic mass is 32.2. The van der Waals surface area contributed by atoms with Crippen molar-refractivity contribution in [2.75, 3.05) is 18.6 Å². The van der Waals surface area contributed by atoms with Crippen LogP contribution in [0, 0.1) is 0 Å². The number of carboxylic acid groups (broad SMARTS) is 1. The number of hydrogen-bond donors (Lipinski definition) is 3. The lowest BCUT2D eigenvalue weighted by molar-refractivity contribution is -0.141. The van der Waals surface area contributed by atoms with Crippen LogP contribution >= 0.6 is 11.8 Å². The molecule has 35 heavy (non-hydrogen) atoms. The molecule has 0 saturated heterocycles. The highest BCUT2D eigenvalue weighted by Gasteiger charge is 2.29. The second kappa shape index (κ2) is 13.2. The first-order chi connectivity index (χ1) is 16.9. The second-order valence-corrected chi connectivity index (χ2v) is 9.74. The molecule has 2 amide bonds. The Kier molecular flexibility index (Phi) is 10.0. The summed E-state index contributed by atoms with van der Waals surface area (Å²) in [6, 6.07) is 14.9. The van der Waals surface area contributed by atoms with Gasteiger partial charge in [0.15, 0.2) is 0 Å². The summed E-state index contributed by atoms with van der Waals surface area (Å²) >= 11 is 1.53. The predicted octanol–water partition coefficient (Wildman–Crippen LogP) is 4.80. The summed E-state index contributed by atoms with van der Waals surface area (Å²) in [6.07, 6.45) is 4.02. The topological polar surface area (TPSA) is 105 Å². The molecule has 0 heterocycles. The number of fused-ring (bicyclic) bond motifs is 3. The van der Waals surface area contributed by atoms with E-state index in [-0.39, 0.29) is 18.9 Å². The first-order valence-corrected chi connectivity index (χ1v) is 13.5. The van der Waals surface area contributed by atoms with Crippen LogP contribution in [0.25, 0.3) is 11.1 Å². The third kappa shape index (κ3) is 7.24. The van der Waals surface area contributed by atoms with E-state index >= 15 is 0 Å². The van der Waals surface area contributed by atoms with Crippen LogP contribution in [0.2, 0.25) is 0 Å². The molecule has 0 aliphatic heterocycles. The molecule has 0 unspecified atom stereocenters. The van der Waals surface area contributed by atoms with Crippen molar-refractivity contribution in [1.82, 2.24) is 10.6 Å². The largest absolute Gasteiger partial charge is 0.480 e. The quantitative estimate of drug-likeness (QED) is 0.367. The van der Waals surface area contributed by atoms with Gasteiger partial charge in [0.05, 0.1) is 0 Å². The lowest BCUT2D eigenvalue weighted by Crippen LogP contribution is -2.45. The Morgan fingerprint density at radius 1 is 1.00 bits per heavy atom.